The number of nitrogens with zero attached hydrogens (tertiary/aromatic N) is 3. The molecule has 9 heteroatoms. The summed E-state index contributed by atoms with van der Waals surface area (Å²) in [5, 5.41) is 3.45. The van der Waals surface area contributed by atoms with Gasteiger partial charge >= 0.3 is 6.18 Å². The Hall–Kier alpha value is -1.07. The van der Waals surface area contributed by atoms with E-state index in [1.807, 2.05) is 0 Å². The van der Waals surface area contributed by atoms with Gasteiger partial charge in [-0.2, -0.15) is 13.2 Å². The van der Waals surface area contributed by atoms with Gasteiger partial charge in [-0.25, -0.2) is 0 Å². The molecule has 5 nitrogen and oxygen atoms in total. The van der Waals surface area contributed by atoms with E-state index in [1.165, 1.54) is 25.0 Å². The Bertz CT molecular complexity index is 686. The van der Waals surface area contributed by atoms with Crippen LogP contribution in [0.3, 0.4) is 0 Å². The summed E-state index contributed by atoms with van der Waals surface area (Å²) >= 11 is 0. The molecule has 2 saturated heterocycles. The zero-order valence-corrected chi connectivity index (χ0v) is 19.2. The molecule has 1 aromatic rings. The lowest BCUT2D eigenvalue weighted by Gasteiger charge is -2.36. The van der Waals surface area contributed by atoms with Crippen molar-refractivity contribution in [1.82, 2.24) is 15.1 Å². The molecular formula is C20H30F3IN4O. The van der Waals surface area contributed by atoms with Gasteiger partial charge in [0, 0.05) is 26.2 Å². The molecule has 0 amide bonds. The van der Waals surface area contributed by atoms with Gasteiger partial charge in [-0.1, -0.05) is 19.1 Å². The molecule has 2 fully saturated rings. The van der Waals surface area contributed by atoms with Gasteiger partial charge < -0.3 is 15.0 Å². The molecule has 2 unspecified atom stereocenters. The largest absolute Gasteiger partial charge is 0.416 e. The van der Waals surface area contributed by atoms with Crippen LogP contribution in [-0.2, 0) is 10.9 Å². The van der Waals surface area contributed by atoms with Gasteiger partial charge in [0.25, 0.3) is 0 Å². The highest BCUT2D eigenvalue weighted by molar-refractivity contribution is 14.0. The Kier molecular flexibility index (Phi) is 9.02. The van der Waals surface area contributed by atoms with Crippen LogP contribution in [0.15, 0.2) is 29.3 Å². The van der Waals surface area contributed by atoms with Gasteiger partial charge in [-0.15, -0.1) is 24.0 Å². The maximum atomic E-state index is 13.0. The number of aliphatic imine (C=N–C) groups is 1. The predicted octanol–water partition coefficient (Wildman–Crippen LogP) is 3.76. The van der Waals surface area contributed by atoms with Crippen LogP contribution in [0.2, 0.25) is 0 Å². The fourth-order valence-electron chi connectivity index (χ4n) is 4.04. The number of ether oxygens (including phenoxy) is 1. The molecule has 2 aliphatic rings. The lowest BCUT2D eigenvalue weighted by molar-refractivity contribution is -0.137. The Balaban J connectivity index is 0.00000300. The predicted molar refractivity (Wildman–Crippen MR) is 119 cm³/mol. The Morgan fingerprint density at radius 3 is 2.79 bits per heavy atom. The second kappa shape index (κ2) is 10.8. The molecular weight excluding hydrogens is 496 g/mol. The van der Waals surface area contributed by atoms with Crippen molar-refractivity contribution >= 4 is 29.9 Å². The maximum Gasteiger partial charge on any atom is 0.416 e. The minimum absolute atomic E-state index is 0. The quantitative estimate of drug-likeness (QED) is 0.369. The number of rotatable bonds is 4. The molecule has 1 N–H and O–H groups in total. The molecule has 0 aromatic heterocycles. The molecule has 0 bridgehead atoms. The Morgan fingerprint density at radius 2 is 2.10 bits per heavy atom. The molecule has 3 rings (SSSR count). The van der Waals surface area contributed by atoms with Crippen LogP contribution in [0, 0.1) is 0 Å². The minimum Gasteiger partial charge on any atom is -0.370 e. The second-order valence-corrected chi connectivity index (χ2v) is 7.28. The Morgan fingerprint density at radius 1 is 1.31 bits per heavy atom. The second-order valence-electron chi connectivity index (χ2n) is 7.28. The van der Waals surface area contributed by atoms with Crippen LogP contribution >= 0.6 is 24.0 Å². The summed E-state index contributed by atoms with van der Waals surface area (Å²) in [6.07, 6.45) is -2.37. The fourth-order valence-corrected chi connectivity index (χ4v) is 4.04. The smallest absolute Gasteiger partial charge is 0.370 e. The van der Waals surface area contributed by atoms with Crippen molar-refractivity contribution in [2.24, 2.45) is 4.99 Å². The highest BCUT2D eigenvalue weighted by Crippen LogP contribution is 2.32. The van der Waals surface area contributed by atoms with Gasteiger partial charge in [0.05, 0.1) is 18.7 Å². The molecule has 2 aliphatic heterocycles. The molecule has 29 heavy (non-hydrogen) atoms. The summed E-state index contributed by atoms with van der Waals surface area (Å²) < 4.78 is 44.8. The zero-order valence-electron chi connectivity index (χ0n) is 16.9. The third kappa shape index (κ3) is 6.21. The first kappa shape index (κ1) is 24.2. The van der Waals surface area contributed by atoms with Crippen molar-refractivity contribution in [3.63, 3.8) is 0 Å². The lowest BCUT2D eigenvalue weighted by atomic mass is 10.0. The van der Waals surface area contributed by atoms with E-state index in [0.29, 0.717) is 31.3 Å². The van der Waals surface area contributed by atoms with Crippen LogP contribution in [-0.4, -0.2) is 68.2 Å². The fraction of sp³-hybridized carbons (Fsp3) is 0.650. The summed E-state index contributed by atoms with van der Waals surface area (Å²) in [4.78, 5) is 8.92. The lowest BCUT2D eigenvalue weighted by Crippen LogP contribution is -2.50. The molecule has 0 aliphatic carbocycles. The molecule has 1 aromatic carbocycles. The molecule has 0 saturated carbocycles. The monoisotopic (exact) mass is 526 g/mol. The van der Waals surface area contributed by atoms with E-state index in [1.54, 1.807) is 13.1 Å². The first-order valence-electron chi connectivity index (χ1n) is 9.90. The molecule has 0 spiro atoms. The summed E-state index contributed by atoms with van der Waals surface area (Å²) in [6.45, 7) is 6.77. The van der Waals surface area contributed by atoms with Gasteiger partial charge in [0.2, 0.25) is 0 Å². The number of likely N-dealkylation sites (tertiary alicyclic amines) is 1. The van der Waals surface area contributed by atoms with Crippen molar-refractivity contribution in [3.05, 3.63) is 35.4 Å². The third-order valence-electron chi connectivity index (χ3n) is 5.56. The van der Waals surface area contributed by atoms with Crippen molar-refractivity contribution < 1.29 is 17.9 Å². The number of hydrogen-bond donors (Lipinski definition) is 1. The summed E-state index contributed by atoms with van der Waals surface area (Å²) in [5.74, 6) is 0.781. The number of guanidine groups is 1. The van der Waals surface area contributed by atoms with Crippen LogP contribution in [0.4, 0.5) is 13.2 Å². The van der Waals surface area contributed by atoms with E-state index < -0.39 is 17.8 Å². The number of morpholine rings is 1. The first-order valence-corrected chi connectivity index (χ1v) is 9.90. The van der Waals surface area contributed by atoms with Gasteiger partial charge in [-0.05, 0) is 43.6 Å². The van der Waals surface area contributed by atoms with Crippen LogP contribution in [0.5, 0.6) is 0 Å². The standard InChI is InChI=1S/C20H29F3N4O.HI/c1-3-26-9-5-8-17(26)13-25-19(24-2)27-10-11-28-18(14-27)15-6-4-7-16(12-15)20(21,22)23;/h4,6-7,12,17-18H,3,5,8-11,13-14H2,1-2H3,(H,24,25);1H. The van der Waals surface area contributed by atoms with Crippen LogP contribution < -0.4 is 5.32 Å². The summed E-state index contributed by atoms with van der Waals surface area (Å²) in [5.41, 5.74) is -0.1000. The topological polar surface area (TPSA) is 40.1 Å². The van der Waals surface area contributed by atoms with E-state index in [0.717, 1.165) is 31.7 Å². The zero-order chi connectivity index (χ0) is 20.1. The van der Waals surface area contributed by atoms with E-state index in [4.69, 9.17) is 4.74 Å². The molecule has 2 heterocycles. The molecule has 0 radical (unpaired) electrons. The Labute approximate surface area is 187 Å². The van der Waals surface area contributed by atoms with Crippen molar-refractivity contribution in [1.29, 1.82) is 0 Å². The number of nitrogens with one attached hydrogen (secondary N) is 1. The summed E-state index contributed by atoms with van der Waals surface area (Å²) in [6, 6.07) is 5.90. The number of halogens is 4. The highest BCUT2D eigenvalue weighted by Gasteiger charge is 2.32. The molecule has 2 atom stereocenters. The minimum atomic E-state index is -4.35. The number of alkyl halides is 3. The van der Waals surface area contributed by atoms with Crippen molar-refractivity contribution in [3.8, 4) is 0 Å². The van der Waals surface area contributed by atoms with E-state index in [9.17, 15) is 13.2 Å². The average Bonchev–Trinajstić information content (AvgIpc) is 3.16. The highest BCUT2D eigenvalue weighted by atomic mass is 127. The SMILES string of the molecule is CCN1CCCC1CNC(=NC)N1CCOC(c2cccc(C(F)(F)F)c2)C1.I. The number of benzene rings is 1. The van der Waals surface area contributed by atoms with Crippen LogP contribution in [0.25, 0.3) is 0 Å². The number of likely N-dealkylation sites (N-methyl/N-ethyl adjacent to an activating group) is 1. The van der Waals surface area contributed by atoms with Gasteiger partial charge in [-0.3, -0.25) is 9.89 Å². The third-order valence-corrected chi connectivity index (χ3v) is 5.56. The van der Waals surface area contributed by atoms with E-state index in [2.05, 4.69) is 27.0 Å². The van der Waals surface area contributed by atoms with E-state index >= 15 is 0 Å². The maximum absolute atomic E-state index is 13.0. The van der Waals surface area contributed by atoms with Crippen molar-refractivity contribution in [2.45, 2.75) is 38.1 Å². The van der Waals surface area contributed by atoms with Gasteiger partial charge in [0.15, 0.2) is 5.96 Å². The normalized spacial score (nSPS) is 23.8. The van der Waals surface area contributed by atoms with Gasteiger partial charge in [0.1, 0.15) is 6.10 Å². The van der Waals surface area contributed by atoms with E-state index in [-0.39, 0.29) is 24.0 Å². The summed E-state index contributed by atoms with van der Waals surface area (Å²) in [7, 11) is 1.74. The van der Waals surface area contributed by atoms with Crippen LogP contribution in [0.1, 0.15) is 37.0 Å². The average molecular weight is 526 g/mol. The number of hydrogen-bond acceptors (Lipinski definition) is 3. The molecule has 164 valence electrons. The van der Waals surface area contributed by atoms with Crippen molar-refractivity contribution in [2.75, 3.05) is 46.4 Å². The first-order chi connectivity index (χ1) is 13.4.